The van der Waals surface area contributed by atoms with Crippen LogP contribution in [0.3, 0.4) is 0 Å². The second-order valence-electron chi connectivity index (χ2n) is 3.26. The highest BCUT2D eigenvalue weighted by Crippen LogP contribution is 2.35. The topological polar surface area (TPSA) is 38.9 Å². The van der Waals surface area contributed by atoms with Gasteiger partial charge < -0.3 is 5.73 Å². The minimum Gasteiger partial charge on any atom is -0.375 e. The van der Waals surface area contributed by atoms with E-state index in [2.05, 4.69) is 4.98 Å². The van der Waals surface area contributed by atoms with Crippen molar-refractivity contribution in [2.45, 2.75) is 6.18 Å². The van der Waals surface area contributed by atoms with Crippen LogP contribution in [0.1, 0.15) is 5.56 Å². The van der Waals surface area contributed by atoms with Crippen LogP contribution in [-0.4, -0.2) is 4.98 Å². The lowest BCUT2D eigenvalue weighted by Gasteiger charge is -2.08. The Hall–Kier alpha value is -1.63. The molecule has 90 valence electrons. The van der Waals surface area contributed by atoms with Gasteiger partial charge >= 0.3 is 6.18 Å². The number of thiazole rings is 1. The van der Waals surface area contributed by atoms with E-state index in [1.54, 1.807) is 0 Å². The molecule has 17 heavy (non-hydrogen) atoms. The number of nitrogens with zero attached hydrogens (tertiary/aromatic N) is 1. The maximum atomic E-state index is 13.4. The monoisotopic (exact) mass is 262 g/mol. The Morgan fingerprint density at radius 3 is 2.47 bits per heavy atom. The molecule has 0 aliphatic heterocycles. The highest BCUT2D eigenvalue weighted by molar-refractivity contribution is 7.18. The molecule has 0 saturated carbocycles. The third-order valence-electron chi connectivity index (χ3n) is 2.08. The molecule has 0 bridgehead atoms. The van der Waals surface area contributed by atoms with E-state index in [-0.39, 0.29) is 15.6 Å². The van der Waals surface area contributed by atoms with E-state index in [1.807, 2.05) is 0 Å². The summed E-state index contributed by atoms with van der Waals surface area (Å²) < 4.78 is 50.8. The van der Waals surface area contributed by atoms with Crippen LogP contribution in [-0.2, 0) is 6.18 Å². The maximum absolute atomic E-state index is 13.4. The van der Waals surface area contributed by atoms with E-state index in [9.17, 15) is 17.6 Å². The summed E-state index contributed by atoms with van der Waals surface area (Å²) in [5.74, 6) is -0.735. The molecule has 2 nitrogen and oxygen atoms in total. The molecule has 0 saturated heterocycles. The van der Waals surface area contributed by atoms with E-state index in [4.69, 9.17) is 5.73 Å². The normalized spacial score (nSPS) is 11.8. The lowest BCUT2D eigenvalue weighted by atomic mass is 10.1. The molecule has 7 heteroatoms. The first-order valence-corrected chi connectivity index (χ1v) is 5.28. The van der Waals surface area contributed by atoms with Crippen molar-refractivity contribution < 1.29 is 17.6 Å². The Bertz CT molecular complexity index is 547. The van der Waals surface area contributed by atoms with Gasteiger partial charge in [0.2, 0.25) is 0 Å². The number of alkyl halides is 3. The molecule has 1 heterocycles. The van der Waals surface area contributed by atoms with Crippen molar-refractivity contribution in [3.05, 3.63) is 35.8 Å². The van der Waals surface area contributed by atoms with Gasteiger partial charge in [-0.2, -0.15) is 13.2 Å². The predicted molar refractivity (Wildman–Crippen MR) is 56.9 cm³/mol. The van der Waals surface area contributed by atoms with Crippen molar-refractivity contribution in [3.8, 4) is 10.4 Å². The molecule has 1 aromatic carbocycles. The number of halogens is 4. The molecule has 2 N–H and O–H groups in total. The zero-order valence-corrected chi connectivity index (χ0v) is 9.07. The Balaban J connectivity index is 2.54. The Morgan fingerprint density at radius 2 is 1.94 bits per heavy atom. The second kappa shape index (κ2) is 3.99. The van der Waals surface area contributed by atoms with Crippen molar-refractivity contribution in [2.75, 3.05) is 5.73 Å². The highest BCUT2D eigenvalue weighted by Gasteiger charge is 2.31. The van der Waals surface area contributed by atoms with Gasteiger partial charge in [-0.25, -0.2) is 9.37 Å². The number of aromatic nitrogens is 1. The minimum atomic E-state index is -4.50. The first kappa shape index (κ1) is 11.8. The standard InChI is InChI=1S/C10H6F4N2S/c11-7-2-1-5(10(12,13)14)3-6(7)8-4-16-9(15)17-8/h1-4H,(H2,15,16). The molecule has 0 aliphatic rings. The number of benzene rings is 1. The van der Waals surface area contributed by atoms with Crippen molar-refractivity contribution in [1.29, 1.82) is 0 Å². The van der Waals surface area contributed by atoms with E-state index >= 15 is 0 Å². The van der Waals surface area contributed by atoms with Gasteiger partial charge in [0, 0.05) is 11.8 Å². The second-order valence-corrected chi connectivity index (χ2v) is 4.32. The van der Waals surface area contributed by atoms with Crippen molar-refractivity contribution in [3.63, 3.8) is 0 Å². The molecular formula is C10H6F4N2S. The Labute approximate surface area is 97.7 Å². The van der Waals surface area contributed by atoms with Gasteiger partial charge in [0.05, 0.1) is 10.4 Å². The van der Waals surface area contributed by atoms with Crippen molar-refractivity contribution in [2.24, 2.45) is 0 Å². The molecule has 0 aliphatic carbocycles. The van der Waals surface area contributed by atoms with E-state index in [1.165, 1.54) is 6.20 Å². The summed E-state index contributed by atoms with van der Waals surface area (Å²) in [6.07, 6.45) is -3.25. The first-order valence-electron chi connectivity index (χ1n) is 4.46. The molecule has 0 amide bonds. The molecule has 0 fully saturated rings. The average Bonchev–Trinajstić information content (AvgIpc) is 2.63. The lowest BCUT2D eigenvalue weighted by Crippen LogP contribution is -2.05. The maximum Gasteiger partial charge on any atom is 0.416 e. The van der Waals surface area contributed by atoms with Gasteiger partial charge in [-0.05, 0) is 18.2 Å². The van der Waals surface area contributed by atoms with Crippen LogP contribution in [0.5, 0.6) is 0 Å². The van der Waals surface area contributed by atoms with Crippen molar-refractivity contribution >= 4 is 16.5 Å². The van der Waals surface area contributed by atoms with Gasteiger partial charge in [0.1, 0.15) is 5.82 Å². The molecule has 0 radical (unpaired) electrons. The summed E-state index contributed by atoms with van der Waals surface area (Å²) in [7, 11) is 0. The number of rotatable bonds is 1. The van der Waals surface area contributed by atoms with E-state index in [0.29, 0.717) is 6.07 Å². The van der Waals surface area contributed by atoms with Crippen LogP contribution >= 0.6 is 11.3 Å². The lowest BCUT2D eigenvalue weighted by molar-refractivity contribution is -0.137. The van der Waals surface area contributed by atoms with Crippen LogP contribution in [0.4, 0.5) is 22.7 Å². The van der Waals surface area contributed by atoms with Gasteiger partial charge in [-0.15, -0.1) is 0 Å². The summed E-state index contributed by atoms with van der Waals surface area (Å²) in [5.41, 5.74) is 4.31. The zero-order chi connectivity index (χ0) is 12.6. The highest BCUT2D eigenvalue weighted by atomic mass is 32.1. The van der Waals surface area contributed by atoms with Gasteiger partial charge in [0.25, 0.3) is 0 Å². The van der Waals surface area contributed by atoms with Crippen LogP contribution in [0.15, 0.2) is 24.4 Å². The van der Waals surface area contributed by atoms with E-state index in [0.717, 1.165) is 23.5 Å². The minimum absolute atomic E-state index is 0.144. The number of hydrogen-bond acceptors (Lipinski definition) is 3. The van der Waals surface area contributed by atoms with Gasteiger partial charge in [-0.3, -0.25) is 0 Å². The molecule has 0 unspecified atom stereocenters. The third kappa shape index (κ3) is 2.38. The van der Waals surface area contributed by atoms with Gasteiger partial charge in [-0.1, -0.05) is 11.3 Å². The number of nitrogens with two attached hydrogens (primary N) is 1. The average molecular weight is 262 g/mol. The molecule has 0 atom stereocenters. The Morgan fingerprint density at radius 1 is 1.24 bits per heavy atom. The van der Waals surface area contributed by atoms with Crippen LogP contribution in [0.2, 0.25) is 0 Å². The summed E-state index contributed by atoms with van der Waals surface area (Å²) in [4.78, 5) is 3.94. The molecule has 2 rings (SSSR count). The molecule has 1 aromatic heterocycles. The largest absolute Gasteiger partial charge is 0.416 e. The van der Waals surface area contributed by atoms with Crippen LogP contribution in [0.25, 0.3) is 10.4 Å². The first-order chi connectivity index (χ1) is 7.88. The van der Waals surface area contributed by atoms with E-state index < -0.39 is 17.6 Å². The smallest absolute Gasteiger partial charge is 0.375 e. The number of anilines is 1. The SMILES string of the molecule is Nc1ncc(-c2cc(C(F)(F)F)ccc2F)s1. The molecule has 2 aromatic rings. The summed E-state index contributed by atoms with van der Waals surface area (Å²) in [6.45, 7) is 0. The quantitative estimate of drug-likeness (QED) is 0.798. The predicted octanol–water partition coefficient (Wildman–Crippen LogP) is 3.55. The summed E-state index contributed by atoms with van der Waals surface area (Å²) in [5, 5.41) is 0.178. The number of hydrogen-bond donors (Lipinski definition) is 1. The van der Waals surface area contributed by atoms with Crippen LogP contribution < -0.4 is 5.73 Å². The fraction of sp³-hybridized carbons (Fsp3) is 0.100. The van der Waals surface area contributed by atoms with Crippen LogP contribution in [0, 0.1) is 5.82 Å². The number of nitrogen functional groups attached to an aromatic ring is 1. The van der Waals surface area contributed by atoms with Crippen molar-refractivity contribution in [1.82, 2.24) is 4.98 Å². The summed E-state index contributed by atoms with van der Waals surface area (Å²) in [6, 6.07) is 2.24. The fourth-order valence-corrected chi connectivity index (χ4v) is 2.01. The fourth-order valence-electron chi connectivity index (χ4n) is 1.30. The Kier molecular flexibility index (Phi) is 2.78. The van der Waals surface area contributed by atoms with Gasteiger partial charge in [0.15, 0.2) is 5.13 Å². The zero-order valence-electron chi connectivity index (χ0n) is 8.25. The molecule has 0 spiro atoms. The summed E-state index contributed by atoms with van der Waals surface area (Å²) >= 11 is 0.934. The third-order valence-corrected chi connectivity index (χ3v) is 2.94. The molecular weight excluding hydrogens is 256 g/mol.